The summed E-state index contributed by atoms with van der Waals surface area (Å²) < 4.78 is 5.60. The summed E-state index contributed by atoms with van der Waals surface area (Å²) >= 11 is 7.48. The van der Waals surface area contributed by atoms with Crippen LogP contribution in [0.15, 0.2) is 12.1 Å². The van der Waals surface area contributed by atoms with Crippen molar-refractivity contribution < 1.29 is 9.53 Å². The van der Waals surface area contributed by atoms with Crippen LogP contribution in [0.3, 0.4) is 0 Å². The van der Waals surface area contributed by atoms with Crippen molar-refractivity contribution in [1.82, 2.24) is 5.32 Å². The molecular formula is C11H14ClNO2S. The van der Waals surface area contributed by atoms with Crippen LogP contribution < -0.4 is 5.32 Å². The van der Waals surface area contributed by atoms with Crippen molar-refractivity contribution in [1.29, 1.82) is 0 Å². The molecule has 5 heteroatoms. The van der Waals surface area contributed by atoms with Gasteiger partial charge in [0.15, 0.2) is 0 Å². The lowest BCUT2D eigenvalue weighted by molar-refractivity contribution is -0.147. The van der Waals surface area contributed by atoms with E-state index >= 15 is 0 Å². The van der Waals surface area contributed by atoms with E-state index in [1.54, 1.807) is 11.3 Å². The van der Waals surface area contributed by atoms with Crippen LogP contribution in [0.5, 0.6) is 0 Å². The third-order valence-electron chi connectivity index (χ3n) is 3.03. The molecule has 2 unspecified atom stereocenters. The first kappa shape index (κ1) is 11.9. The Morgan fingerprint density at radius 1 is 1.69 bits per heavy atom. The molecule has 88 valence electrons. The largest absolute Gasteiger partial charge is 0.468 e. The molecule has 1 N–H and O–H groups in total. The van der Waals surface area contributed by atoms with Crippen molar-refractivity contribution >= 4 is 28.9 Å². The fraction of sp³-hybridized carbons (Fsp3) is 0.545. The first-order valence-electron chi connectivity index (χ1n) is 5.14. The summed E-state index contributed by atoms with van der Waals surface area (Å²) in [4.78, 5) is 12.8. The van der Waals surface area contributed by atoms with Crippen molar-refractivity contribution in [2.75, 3.05) is 13.7 Å². The van der Waals surface area contributed by atoms with E-state index in [9.17, 15) is 4.79 Å². The van der Waals surface area contributed by atoms with Gasteiger partial charge in [-0.2, -0.15) is 0 Å². The number of thiophene rings is 1. The molecule has 1 aromatic rings. The Morgan fingerprint density at radius 3 is 3.00 bits per heavy atom. The molecule has 2 atom stereocenters. The average molecular weight is 260 g/mol. The van der Waals surface area contributed by atoms with E-state index < -0.39 is 5.54 Å². The van der Waals surface area contributed by atoms with Gasteiger partial charge < -0.3 is 10.1 Å². The molecule has 0 aromatic carbocycles. The number of nitrogens with one attached hydrogen (secondary N) is 1. The van der Waals surface area contributed by atoms with Crippen LogP contribution in [-0.2, 0) is 9.53 Å². The van der Waals surface area contributed by atoms with Gasteiger partial charge in [0.25, 0.3) is 0 Å². The molecule has 2 rings (SSSR count). The van der Waals surface area contributed by atoms with Gasteiger partial charge in [0.05, 0.1) is 11.4 Å². The van der Waals surface area contributed by atoms with E-state index in [0.717, 1.165) is 17.3 Å². The molecule has 1 aliphatic rings. The molecular weight excluding hydrogens is 246 g/mol. The minimum Gasteiger partial charge on any atom is -0.468 e. The predicted molar refractivity (Wildman–Crippen MR) is 65.1 cm³/mol. The van der Waals surface area contributed by atoms with Gasteiger partial charge >= 0.3 is 5.97 Å². The van der Waals surface area contributed by atoms with Crippen LogP contribution in [0.25, 0.3) is 0 Å². The molecule has 2 heterocycles. The monoisotopic (exact) mass is 259 g/mol. The predicted octanol–water partition coefficient (Wildman–Crippen LogP) is 2.41. The Morgan fingerprint density at radius 2 is 2.44 bits per heavy atom. The minimum absolute atomic E-state index is 0.197. The zero-order valence-corrected chi connectivity index (χ0v) is 10.8. The van der Waals surface area contributed by atoms with Crippen LogP contribution in [0, 0.1) is 0 Å². The van der Waals surface area contributed by atoms with E-state index in [0.29, 0.717) is 5.92 Å². The topological polar surface area (TPSA) is 38.3 Å². The quantitative estimate of drug-likeness (QED) is 0.829. The van der Waals surface area contributed by atoms with Gasteiger partial charge in [0.1, 0.15) is 5.54 Å². The van der Waals surface area contributed by atoms with E-state index in [4.69, 9.17) is 16.3 Å². The van der Waals surface area contributed by atoms with Gasteiger partial charge in [-0.1, -0.05) is 11.6 Å². The van der Waals surface area contributed by atoms with Gasteiger partial charge in [0.2, 0.25) is 0 Å². The third-order valence-corrected chi connectivity index (χ3v) is 4.42. The molecule has 3 nitrogen and oxygen atoms in total. The van der Waals surface area contributed by atoms with E-state index in [2.05, 4.69) is 5.32 Å². The summed E-state index contributed by atoms with van der Waals surface area (Å²) in [6, 6.07) is 3.93. The molecule has 0 aliphatic carbocycles. The molecule has 1 saturated heterocycles. The fourth-order valence-electron chi connectivity index (χ4n) is 2.12. The maximum absolute atomic E-state index is 11.6. The Hall–Kier alpha value is -0.580. The second-order valence-corrected chi connectivity index (χ2v) is 5.99. The van der Waals surface area contributed by atoms with Crippen LogP contribution in [0.4, 0.5) is 0 Å². The van der Waals surface area contributed by atoms with E-state index in [1.165, 1.54) is 12.0 Å². The molecule has 0 bridgehead atoms. The maximum atomic E-state index is 11.6. The summed E-state index contributed by atoms with van der Waals surface area (Å²) in [7, 11) is 1.42. The summed E-state index contributed by atoms with van der Waals surface area (Å²) in [5.41, 5.74) is -0.560. The van der Waals surface area contributed by atoms with Crippen molar-refractivity contribution in [2.24, 2.45) is 0 Å². The molecule has 1 aromatic heterocycles. The Bertz CT molecular complexity index is 406. The average Bonchev–Trinajstić information content (AvgIpc) is 2.84. The summed E-state index contributed by atoms with van der Waals surface area (Å²) in [6.07, 6.45) is 0.760. The van der Waals surface area contributed by atoms with Crippen molar-refractivity contribution in [3.05, 3.63) is 21.3 Å². The summed E-state index contributed by atoms with van der Waals surface area (Å²) in [5.74, 6) is 0.152. The first-order valence-corrected chi connectivity index (χ1v) is 6.33. The standard InChI is InChI=1S/C11H14ClNO2S/c1-11(10(14)15-2)5-7(6-13-11)8-3-4-9(12)16-8/h3-4,7,13H,5-6H2,1-2H3. The lowest BCUT2D eigenvalue weighted by Gasteiger charge is -2.20. The minimum atomic E-state index is -0.560. The molecule has 0 saturated carbocycles. The second kappa shape index (κ2) is 4.35. The van der Waals surface area contributed by atoms with Crippen LogP contribution in [0.2, 0.25) is 4.34 Å². The summed E-state index contributed by atoms with van der Waals surface area (Å²) in [5, 5.41) is 3.23. The van der Waals surface area contributed by atoms with Crippen molar-refractivity contribution in [2.45, 2.75) is 24.8 Å². The zero-order valence-electron chi connectivity index (χ0n) is 9.25. The number of halogens is 1. The number of methoxy groups -OCH3 is 1. The number of hydrogen-bond donors (Lipinski definition) is 1. The zero-order chi connectivity index (χ0) is 11.8. The van der Waals surface area contributed by atoms with Crippen LogP contribution in [-0.4, -0.2) is 25.2 Å². The Balaban J connectivity index is 2.11. The number of ether oxygens (including phenoxy) is 1. The molecule has 0 spiro atoms. The van der Waals surface area contributed by atoms with Crippen LogP contribution >= 0.6 is 22.9 Å². The number of hydrogen-bond acceptors (Lipinski definition) is 4. The van der Waals surface area contributed by atoms with Gasteiger partial charge in [-0.3, -0.25) is 4.79 Å². The third kappa shape index (κ3) is 2.10. The van der Waals surface area contributed by atoms with Crippen molar-refractivity contribution in [3.8, 4) is 0 Å². The number of esters is 1. The first-order chi connectivity index (χ1) is 7.55. The Kier molecular flexibility index (Phi) is 3.24. The van der Waals surface area contributed by atoms with Gasteiger partial charge in [-0.05, 0) is 25.5 Å². The molecule has 0 amide bonds. The fourth-order valence-corrected chi connectivity index (χ4v) is 3.28. The highest BCUT2D eigenvalue weighted by Crippen LogP contribution is 2.37. The normalized spacial score (nSPS) is 29.3. The van der Waals surface area contributed by atoms with Gasteiger partial charge in [0, 0.05) is 17.3 Å². The molecule has 1 fully saturated rings. The van der Waals surface area contributed by atoms with E-state index in [-0.39, 0.29) is 5.97 Å². The highest BCUT2D eigenvalue weighted by Gasteiger charge is 2.42. The highest BCUT2D eigenvalue weighted by molar-refractivity contribution is 7.16. The molecule has 16 heavy (non-hydrogen) atoms. The highest BCUT2D eigenvalue weighted by atomic mass is 35.5. The smallest absolute Gasteiger partial charge is 0.325 e. The lowest BCUT2D eigenvalue weighted by Crippen LogP contribution is -2.45. The lowest BCUT2D eigenvalue weighted by atomic mass is 9.94. The second-order valence-electron chi connectivity index (χ2n) is 4.25. The Labute approximate surface area is 104 Å². The number of carbonyl (C=O) groups excluding carboxylic acids is 1. The van der Waals surface area contributed by atoms with E-state index in [1.807, 2.05) is 19.1 Å². The number of rotatable bonds is 2. The maximum Gasteiger partial charge on any atom is 0.325 e. The SMILES string of the molecule is COC(=O)C1(C)CC(c2ccc(Cl)s2)CN1. The van der Waals surface area contributed by atoms with Crippen molar-refractivity contribution in [3.63, 3.8) is 0 Å². The van der Waals surface area contributed by atoms with Crippen LogP contribution in [0.1, 0.15) is 24.1 Å². The number of carbonyl (C=O) groups is 1. The summed E-state index contributed by atoms with van der Waals surface area (Å²) in [6.45, 7) is 2.68. The van der Waals surface area contributed by atoms with Gasteiger partial charge in [-0.15, -0.1) is 11.3 Å². The molecule has 1 aliphatic heterocycles. The van der Waals surface area contributed by atoms with Gasteiger partial charge in [-0.25, -0.2) is 0 Å². The molecule has 0 radical (unpaired) electrons.